The number of unbranched alkanes of at least 4 members (excludes halogenated alkanes) is 1. The number of aliphatic hydroxyl groups excluding tert-OH is 1. The van der Waals surface area contributed by atoms with E-state index in [-0.39, 0.29) is 23.5 Å². The van der Waals surface area contributed by atoms with E-state index in [1.807, 2.05) is 23.1 Å². The number of carbonyl (C=O) groups is 1. The molecule has 3 aromatic rings. The van der Waals surface area contributed by atoms with Crippen LogP contribution in [0.2, 0.25) is 5.02 Å². The van der Waals surface area contributed by atoms with Gasteiger partial charge in [0, 0.05) is 60.1 Å². The van der Waals surface area contributed by atoms with Crippen LogP contribution in [0.25, 0.3) is 5.57 Å². The average molecular weight is 739 g/mol. The van der Waals surface area contributed by atoms with E-state index in [0.29, 0.717) is 48.2 Å². The van der Waals surface area contributed by atoms with E-state index in [9.17, 15) is 20.3 Å². The Morgan fingerprint density at radius 2 is 1.89 bits per heavy atom. The number of benzene rings is 2. The van der Waals surface area contributed by atoms with Crippen LogP contribution in [-0.4, -0.2) is 75.9 Å². The summed E-state index contributed by atoms with van der Waals surface area (Å²) in [5.74, 6) is 0.216. The minimum absolute atomic E-state index is 0.165. The lowest BCUT2D eigenvalue weighted by Crippen LogP contribution is -2.44. The van der Waals surface area contributed by atoms with E-state index in [4.69, 9.17) is 21.1 Å². The van der Waals surface area contributed by atoms with Crippen LogP contribution in [0.1, 0.15) is 81.0 Å². The number of allylic oxidation sites excluding steroid dienone is 3. The van der Waals surface area contributed by atoms with E-state index in [1.165, 1.54) is 17.3 Å². The Morgan fingerprint density at radius 3 is 2.64 bits per heavy atom. The number of likely N-dealkylation sites (tertiary alicyclic amines) is 2. The zero-order valence-corrected chi connectivity index (χ0v) is 31.6. The first-order valence-electron chi connectivity index (χ1n) is 18.8. The lowest BCUT2D eigenvalue weighted by Gasteiger charge is -2.48. The third kappa shape index (κ3) is 9.13. The average Bonchev–Trinajstić information content (AvgIpc) is 3.58. The molecule has 3 atom stereocenters. The monoisotopic (exact) mass is 738 g/mol. The van der Waals surface area contributed by atoms with Gasteiger partial charge >= 0.3 is 5.97 Å². The fourth-order valence-electron chi connectivity index (χ4n) is 8.19. The number of β-amino-alcohol motifs (C(OH)–C–C–N with tert-alkyl or cyclic N) is 1. The Balaban J connectivity index is 1.28. The normalized spacial score (nSPS) is 23.0. The maximum Gasteiger partial charge on any atom is 0.320 e. The summed E-state index contributed by atoms with van der Waals surface area (Å²) < 4.78 is 13.2. The highest BCUT2D eigenvalue weighted by molar-refractivity contribution is 6.32. The van der Waals surface area contributed by atoms with Crippen LogP contribution < -0.4 is 9.47 Å². The van der Waals surface area contributed by atoms with Gasteiger partial charge in [-0.25, -0.2) is 0 Å². The van der Waals surface area contributed by atoms with Crippen LogP contribution in [0.15, 0.2) is 79.2 Å². The molecule has 2 fully saturated rings. The highest BCUT2D eigenvalue weighted by Crippen LogP contribution is 2.55. The van der Waals surface area contributed by atoms with Gasteiger partial charge in [-0.1, -0.05) is 86.8 Å². The Labute approximate surface area is 318 Å². The number of aliphatic hydroxyl groups is 1. The molecule has 2 aliphatic heterocycles. The molecule has 2 aromatic carbocycles. The Hall–Kier alpha value is -4.20. The summed E-state index contributed by atoms with van der Waals surface area (Å²) in [6.45, 7) is 8.82. The third-order valence-electron chi connectivity index (χ3n) is 11.5. The van der Waals surface area contributed by atoms with Gasteiger partial charge < -0.3 is 24.6 Å². The van der Waals surface area contributed by atoms with Gasteiger partial charge in [-0.05, 0) is 68.5 Å². The summed E-state index contributed by atoms with van der Waals surface area (Å²) in [4.78, 5) is 20.7. The lowest BCUT2D eigenvalue weighted by atomic mass is 9.57. The number of pyridine rings is 1. The van der Waals surface area contributed by atoms with Gasteiger partial charge in [0.2, 0.25) is 0 Å². The molecule has 0 saturated carbocycles. The van der Waals surface area contributed by atoms with Crippen molar-refractivity contribution in [1.29, 1.82) is 5.26 Å². The van der Waals surface area contributed by atoms with E-state index in [2.05, 4.69) is 72.3 Å². The lowest BCUT2D eigenvalue weighted by molar-refractivity contribution is -0.144. The molecule has 0 spiro atoms. The first-order chi connectivity index (χ1) is 25.6. The van der Waals surface area contributed by atoms with E-state index in [0.717, 1.165) is 69.3 Å². The minimum Gasteiger partial charge on any atom is -0.491 e. The van der Waals surface area contributed by atoms with Crippen molar-refractivity contribution in [2.24, 2.45) is 10.8 Å². The number of hydrogen-bond acceptors (Lipinski definition) is 8. The number of hydrogen-bond donors (Lipinski definition) is 2. The molecule has 53 heavy (non-hydrogen) atoms. The standard InChI is InChI=1S/C43H51ClN4O5/c1-42(2)36(33-11-4-3-5-12-33)13-10-17-43(42,16-7-9-18-47-20-15-35(49)28-47)30-53-40-23-39(52-29-32-21-31(24-45)25-46-26-32)34(22-37(40)44)27-48-19-8-6-14-38(48)41(50)51/h3-5,10-13,17,21-23,25-26,35,38,49H,6-9,14-16,18-20,27-30H2,1-2H3,(H,50,51)/t35-,38+,43?/m1/s1. The van der Waals surface area contributed by atoms with E-state index < -0.39 is 12.0 Å². The first-order valence-corrected chi connectivity index (χ1v) is 19.2. The van der Waals surface area contributed by atoms with Crippen LogP contribution in [0, 0.1) is 22.2 Å². The molecule has 9 nitrogen and oxygen atoms in total. The molecular weight excluding hydrogens is 688 g/mol. The van der Waals surface area contributed by atoms with Gasteiger partial charge in [0.1, 0.15) is 30.2 Å². The fraction of sp³-hybridized carbons (Fsp3) is 0.465. The highest BCUT2D eigenvalue weighted by Gasteiger charge is 2.47. The number of carboxylic acids is 1. The second-order valence-electron chi connectivity index (χ2n) is 15.3. The summed E-state index contributed by atoms with van der Waals surface area (Å²) in [6.07, 6.45) is 15.8. The van der Waals surface area contributed by atoms with Gasteiger partial charge in [-0.15, -0.1) is 0 Å². The molecule has 1 aromatic heterocycles. The molecule has 10 heteroatoms. The number of aromatic nitrogens is 1. The zero-order chi connectivity index (χ0) is 37.4. The van der Waals surface area contributed by atoms with Crippen molar-refractivity contribution in [3.8, 4) is 17.6 Å². The molecule has 6 rings (SSSR count). The molecule has 2 saturated heterocycles. The molecule has 2 N–H and O–H groups in total. The molecule has 0 radical (unpaired) electrons. The number of nitrogens with zero attached hydrogens (tertiary/aromatic N) is 4. The summed E-state index contributed by atoms with van der Waals surface area (Å²) >= 11 is 7.03. The number of ether oxygens (including phenoxy) is 2. The van der Waals surface area contributed by atoms with Gasteiger partial charge in [-0.3, -0.25) is 14.7 Å². The maximum atomic E-state index is 12.2. The van der Waals surface area contributed by atoms with Gasteiger partial charge in [0.15, 0.2) is 0 Å². The number of nitriles is 1. The summed E-state index contributed by atoms with van der Waals surface area (Å²) in [6, 6.07) is 17.5. The first kappa shape index (κ1) is 38.5. The van der Waals surface area contributed by atoms with Gasteiger partial charge in [0.25, 0.3) is 0 Å². The third-order valence-corrected chi connectivity index (χ3v) is 11.8. The second-order valence-corrected chi connectivity index (χ2v) is 15.7. The highest BCUT2D eigenvalue weighted by atomic mass is 35.5. The summed E-state index contributed by atoms with van der Waals surface area (Å²) in [5, 5.41) is 29.9. The number of carboxylic acid groups (broad SMARTS) is 1. The van der Waals surface area contributed by atoms with Crippen LogP contribution in [0.4, 0.5) is 0 Å². The second kappa shape index (κ2) is 17.3. The molecule has 1 aliphatic carbocycles. The molecular formula is C43H51ClN4O5. The fourth-order valence-corrected chi connectivity index (χ4v) is 8.44. The summed E-state index contributed by atoms with van der Waals surface area (Å²) in [7, 11) is 0. The van der Waals surface area contributed by atoms with E-state index in [1.54, 1.807) is 12.3 Å². The number of halogens is 1. The van der Waals surface area contributed by atoms with Crippen molar-refractivity contribution >= 4 is 23.1 Å². The van der Waals surface area contributed by atoms with Crippen molar-refractivity contribution in [2.75, 3.05) is 32.8 Å². The number of aliphatic carboxylic acids is 1. The SMILES string of the molecule is CC1(C)C(c2ccccc2)=CC=CC1(CCCCN1CC[C@@H](O)C1)COc1cc(OCc2cncc(C#N)c2)c(CN2CCCC[C@H]2C(=O)O)cc1Cl. The quantitative estimate of drug-likeness (QED) is 0.150. The molecule has 0 amide bonds. The number of rotatable bonds is 15. The van der Waals surface area contributed by atoms with Crippen LogP contribution >= 0.6 is 11.6 Å². The molecule has 3 aliphatic rings. The van der Waals surface area contributed by atoms with Gasteiger partial charge in [0.05, 0.1) is 23.3 Å². The number of piperidine rings is 1. The van der Waals surface area contributed by atoms with Gasteiger partial charge in [-0.2, -0.15) is 5.26 Å². The van der Waals surface area contributed by atoms with Crippen molar-refractivity contribution in [1.82, 2.24) is 14.8 Å². The predicted octanol–water partition coefficient (Wildman–Crippen LogP) is 7.91. The topological polar surface area (TPSA) is 119 Å². The van der Waals surface area contributed by atoms with Crippen molar-refractivity contribution in [3.05, 3.63) is 106 Å². The minimum atomic E-state index is -0.826. The Morgan fingerprint density at radius 1 is 1.06 bits per heavy atom. The van der Waals surface area contributed by atoms with Crippen LogP contribution in [0.3, 0.4) is 0 Å². The molecule has 3 heterocycles. The Kier molecular flexibility index (Phi) is 12.6. The van der Waals surface area contributed by atoms with Crippen LogP contribution in [0.5, 0.6) is 11.5 Å². The summed E-state index contributed by atoms with van der Waals surface area (Å²) in [5.41, 5.74) is 3.73. The van der Waals surface area contributed by atoms with E-state index >= 15 is 0 Å². The van der Waals surface area contributed by atoms with Crippen molar-refractivity contribution < 1.29 is 24.5 Å². The van der Waals surface area contributed by atoms with Crippen molar-refractivity contribution in [2.45, 2.75) is 84.1 Å². The van der Waals surface area contributed by atoms with Crippen molar-refractivity contribution in [3.63, 3.8) is 0 Å². The maximum absolute atomic E-state index is 12.2. The molecule has 1 unspecified atom stereocenters. The molecule has 280 valence electrons. The molecule has 0 bridgehead atoms. The smallest absolute Gasteiger partial charge is 0.320 e. The predicted molar refractivity (Wildman–Crippen MR) is 207 cm³/mol. The Bertz CT molecular complexity index is 1840. The van der Waals surface area contributed by atoms with Crippen LogP contribution in [-0.2, 0) is 17.9 Å². The largest absolute Gasteiger partial charge is 0.491 e. The zero-order valence-electron chi connectivity index (χ0n) is 30.8.